The molecule has 0 radical (unpaired) electrons. The summed E-state index contributed by atoms with van der Waals surface area (Å²) in [6.07, 6.45) is 1.08. The zero-order chi connectivity index (χ0) is 9.52. The number of hydrogen-bond acceptors (Lipinski definition) is 0. The van der Waals surface area contributed by atoms with Gasteiger partial charge in [-0.25, -0.2) is 0 Å². The summed E-state index contributed by atoms with van der Waals surface area (Å²) in [4.78, 5) is 0. The predicted molar refractivity (Wildman–Crippen MR) is 66.2 cm³/mol. The van der Waals surface area contributed by atoms with Gasteiger partial charge in [-0.05, 0) is 40.6 Å². The van der Waals surface area contributed by atoms with Crippen molar-refractivity contribution in [3.05, 3.63) is 57.7 Å². The first-order valence-electron chi connectivity index (χ1n) is 4.41. The normalized spacial score (nSPS) is 9.08. The van der Waals surface area contributed by atoms with Crippen LogP contribution in [0.4, 0.5) is 0 Å². The first-order valence-corrected chi connectivity index (χ1v) is 5.49. The lowest BCUT2D eigenvalue weighted by molar-refractivity contribution is 1.13. The quantitative estimate of drug-likeness (QED) is 0.684. The van der Waals surface area contributed by atoms with Gasteiger partial charge in [0.2, 0.25) is 0 Å². The molecule has 0 saturated carbocycles. The second-order valence-corrected chi connectivity index (χ2v) is 3.88. The van der Waals surface area contributed by atoms with E-state index in [1.807, 2.05) is 18.2 Å². The summed E-state index contributed by atoms with van der Waals surface area (Å²) in [6.45, 7) is 2.18. The Bertz CT molecular complexity index is 317. The Balaban J connectivity index is 3.24. The monoisotopic (exact) mass is 284 g/mol. The second-order valence-electron chi connectivity index (χ2n) is 2.71. The Morgan fingerprint density at radius 1 is 0.923 bits per heavy atom. The van der Waals surface area contributed by atoms with Crippen molar-refractivity contribution in [2.75, 3.05) is 0 Å². The third-order valence-corrected chi connectivity index (χ3v) is 2.84. The fourth-order valence-corrected chi connectivity index (χ4v) is 1.81. The summed E-state index contributed by atoms with van der Waals surface area (Å²) < 4.78 is 1.32. The van der Waals surface area contributed by atoms with Crippen LogP contribution in [-0.4, -0.2) is 0 Å². The van der Waals surface area contributed by atoms with Crippen molar-refractivity contribution >= 4 is 22.6 Å². The standard InChI is InChI=1S/C12H13I/c1-2-11-9-7-5-3-4-6-8-10-12(11)13/h3-10H,2H2,1H3. The van der Waals surface area contributed by atoms with Crippen molar-refractivity contribution in [2.45, 2.75) is 13.3 Å². The van der Waals surface area contributed by atoms with Crippen LogP contribution >= 0.6 is 22.6 Å². The molecular formula is C12H13I. The van der Waals surface area contributed by atoms with Crippen LogP contribution in [0.5, 0.6) is 0 Å². The van der Waals surface area contributed by atoms with Crippen molar-refractivity contribution in [1.82, 2.24) is 0 Å². The molecule has 0 atom stereocenters. The van der Waals surface area contributed by atoms with Crippen molar-refractivity contribution in [3.63, 3.8) is 0 Å². The van der Waals surface area contributed by atoms with Crippen molar-refractivity contribution in [1.29, 1.82) is 0 Å². The Morgan fingerprint density at radius 3 is 2.08 bits per heavy atom. The molecule has 0 aliphatic carbocycles. The molecule has 0 spiro atoms. The van der Waals surface area contributed by atoms with E-state index >= 15 is 0 Å². The maximum atomic E-state index is 2.37. The van der Waals surface area contributed by atoms with Gasteiger partial charge in [-0.15, -0.1) is 0 Å². The molecule has 0 N–H and O–H groups in total. The Morgan fingerprint density at radius 2 is 1.46 bits per heavy atom. The molecule has 0 nitrogen and oxygen atoms in total. The third-order valence-electron chi connectivity index (χ3n) is 1.78. The maximum Gasteiger partial charge on any atom is 0.0162 e. The van der Waals surface area contributed by atoms with Gasteiger partial charge in [0.1, 0.15) is 0 Å². The van der Waals surface area contributed by atoms with E-state index in [4.69, 9.17) is 0 Å². The molecule has 0 aromatic heterocycles. The highest BCUT2D eigenvalue weighted by Gasteiger charge is 1.89. The van der Waals surface area contributed by atoms with Crippen LogP contribution in [-0.2, 0) is 6.42 Å². The minimum atomic E-state index is 1.08. The van der Waals surface area contributed by atoms with E-state index in [1.54, 1.807) is 0 Å². The van der Waals surface area contributed by atoms with E-state index in [-0.39, 0.29) is 0 Å². The van der Waals surface area contributed by atoms with Gasteiger partial charge in [0.05, 0.1) is 0 Å². The van der Waals surface area contributed by atoms with Crippen LogP contribution in [0.15, 0.2) is 48.5 Å². The molecule has 1 aromatic rings. The molecule has 0 saturated heterocycles. The molecule has 1 heteroatoms. The minimum absolute atomic E-state index is 1.08. The summed E-state index contributed by atoms with van der Waals surface area (Å²) in [7, 11) is 0. The maximum absolute atomic E-state index is 2.37. The van der Waals surface area contributed by atoms with Crippen LogP contribution in [0.3, 0.4) is 0 Å². The molecular weight excluding hydrogens is 271 g/mol. The molecule has 0 aliphatic rings. The van der Waals surface area contributed by atoms with Gasteiger partial charge in [0.25, 0.3) is 0 Å². The summed E-state index contributed by atoms with van der Waals surface area (Å²) in [5.74, 6) is 0. The average Bonchev–Trinajstić information content (AvgIpc) is 2.16. The SMILES string of the molecule is CCc1ccccccccc1I. The molecule has 0 bridgehead atoms. The molecule has 13 heavy (non-hydrogen) atoms. The van der Waals surface area contributed by atoms with Gasteiger partial charge in [-0.2, -0.15) is 0 Å². The predicted octanol–water partition coefficient (Wildman–Crippen LogP) is 3.98. The largest absolute Gasteiger partial charge is 0.0623 e. The van der Waals surface area contributed by atoms with Gasteiger partial charge in [0, 0.05) is 3.57 Å². The number of rotatable bonds is 1. The Kier molecular flexibility index (Phi) is 4.83. The van der Waals surface area contributed by atoms with Crippen LogP contribution in [0.2, 0.25) is 0 Å². The molecule has 68 valence electrons. The highest BCUT2D eigenvalue weighted by atomic mass is 127. The lowest BCUT2D eigenvalue weighted by Crippen LogP contribution is -1.80. The fourth-order valence-electron chi connectivity index (χ4n) is 1.04. The van der Waals surface area contributed by atoms with Crippen molar-refractivity contribution < 1.29 is 0 Å². The molecule has 1 rings (SSSR count). The molecule has 0 unspecified atom stereocenters. The number of aryl methyl sites for hydroxylation is 1. The first kappa shape index (κ1) is 10.5. The van der Waals surface area contributed by atoms with Crippen LogP contribution in [0.1, 0.15) is 12.5 Å². The molecule has 0 fully saturated rings. The summed E-state index contributed by atoms with van der Waals surface area (Å²) in [5.41, 5.74) is 1.39. The zero-order valence-corrected chi connectivity index (χ0v) is 9.86. The molecule has 1 aromatic carbocycles. The van der Waals surface area contributed by atoms with Gasteiger partial charge >= 0.3 is 0 Å². The van der Waals surface area contributed by atoms with E-state index in [2.05, 4.69) is 59.8 Å². The van der Waals surface area contributed by atoms with Crippen LogP contribution < -0.4 is 0 Å². The van der Waals surface area contributed by atoms with Gasteiger partial charge in [0.15, 0.2) is 0 Å². The van der Waals surface area contributed by atoms with Gasteiger partial charge < -0.3 is 0 Å². The average molecular weight is 284 g/mol. The highest BCUT2D eigenvalue weighted by Crippen LogP contribution is 2.08. The Labute approximate surface area is 93.5 Å². The van der Waals surface area contributed by atoms with E-state index in [9.17, 15) is 0 Å². The second kappa shape index (κ2) is 5.97. The number of hydrogen-bond donors (Lipinski definition) is 0. The minimum Gasteiger partial charge on any atom is -0.0623 e. The molecule has 0 aliphatic heterocycles. The van der Waals surface area contributed by atoms with Crippen molar-refractivity contribution in [2.24, 2.45) is 0 Å². The summed E-state index contributed by atoms with van der Waals surface area (Å²) in [5, 5.41) is 0. The topological polar surface area (TPSA) is 0 Å². The third kappa shape index (κ3) is 3.77. The highest BCUT2D eigenvalue weighted by molar-refractivity contribution is 14.1. The fraction of sp³-hybridized carbons (Fsp3) is 0.167. The van der Waals surface area contributed by atoms with E-state index in [1.165, 1.54) is 9.13 Å². The Hall–Kier alpha value is -0.570. The lowest BCUT2D eigenvalue weighted by Gasteiger charge is -1.94. The van der Waals surface area contributed by atoms with E-state index in [0.29, 0.717) is 0 Å². The van der Waals surface area contributed by atoms with Gasteiger partial charge in [-0.3, -0.25) is 0 Å². The van der Waals surface area contributed by atoms with Crippen molar-refractivity contribution in [3.8, 4) is 0 Å². The lowest BCUT2D eigenvalue weighted by atomic mass is 10.2. The first-order chi connectivity index (χ1) is 6.34. The smallest absolute Gasteiger partial charge is 0.0162 e. The number of halogens is 1. The van der Waals surface area contributed by atoms with Crippen LogP contribution in [0, 0.1) is 3.57 Å². The summed E-state index contributed by atoms with van der Waals surface area (Å²) >= 11 is 2.37. The van der Waals surface area contributed by atoms with Crippen LogP contribution in [0.25, 0.3) is 0 Å². The van der Waals surface area contributed by atoms with Gasteiger partial charge in [-0.1, -0.05) is 49.4 Å². The molecule has 0 heterocycles. The van der Waals surface area contributed by atoms with E-state index < -0.39 is 0 Å². The van der Waals surface area contributed by atoms with E-state index in [0.717, 1.165) is 6.42 Å². The summed E-state index contributed by atoms with van der Waals surface area (Å²) in [6, 6.07) is 16.6. The molecule has 0 amide bonds. The zero-order valence-electron chi connectivity index (χ0n) is 7.70.